The number of hydrogen-bond donors (Lipinski definition) is 0. The first-order valence-corrected chi connectivity index (χ1v) is 8.23. The highest BCUT2D eigenvalue weighted by Crippen LogP contribution is 2.22. The molecule has 0 radical (unpaired) electrons. The number of nitrogens with zero attached hydrogens (tertiary/aromatic N) is 4. The zero-order chi connectivity index (χ0) is 15.7. The molecule has 1 aromatic heterocycles. The van der Waals surface area contributed by atoms with Crippen molar-refractivity contribution in [3.05, 3.63) is 39.3 Å². The summed E-state index contributed by atoms with van der Waals surface area (Å²) in [5.74, 6) is 0.150. The van der Waals surface area contributed by atoms with Crippen LogP contribution in [0.1, 0.15) is 21.1 Å². The maximum absolute atomic E-state index is 12.5. The molecule has 1 aliphatic rings. The standard InChI is InChI=1S/C16H20N4OS/c1-11-6-12(2)8-14(7-11)20-5-4-19(10-16(20)21)9-15-18-17-13(3)22-15/h6-8H,4-5,9-10H2,1-3H3. The van der Waals surface area contributed by atoms with E-state index in [0.717, 1.165) is 28.8 Å². The summed E-state index contributed by atoms with van der Waals surface area (Å²) in [5.41, 5.74) is 3.39. The van der Waals surface area contributed by atoms with Crippen molar-refractivity contribution in [1.82, 2.24) is 15.1 Å². The Morgan fingerprint density at radius 3 is 2.41 bits per heavy atom. The van der Waals surface area contributed by atoms with Gasteiger partial charge in [0, 0.05) is 18.8 Å². The molecular formula is C16H20N4OS. The molecule has 116 valence electrons. The fourth-order valence-corrected chi connectivity index (χ4v) is 3.58. The average Bonchev–Trinajstić information content (AvgIpc) is 2.83. The highest BCUT2D eigenvalue weighted by atomic mass is 32.1. The monoisotopic (exact) mass is 316 g/mol. The van der Waals surface area contributed by atoms with Crippen molar-refractivity contribution in [2.75, 3.05) is 24.5 Å². The molecule has 5 nitrogen and oxygen atoms in total. The summed E-state index contributed by atoms with van der Waals surface area (Å²) in [5, 5.41) is 10.1. The van der Waals surface area contributed by atoms with E-state index < -0.39 is 0 Å². The lowest BCUT2D eigenvalue weighted by atomic mass is 10.1. The Kier molecular flexibility index (Phi) is 4.22. The van der Waals surface area contributed by atoms with E-state index in [9.17, 15) is 4.79 Å². The second-order valence-corrected chi connectivity index (χ2v) is 7.08. The molecule has 0 unspecified atom stereocenters. The first-order chi connectivity index (χ1) is 10.5. The molecule has 1 saturated heterocycles. The second-order valence-electron chi connectivity index (χ2n) is 5.82. The topological polar surface area (TPSA) is 49.3 Å². The molecule has 3 rings (SSSR count). The van der Waals surface area contributed by atoms with Crippen LogP contribution in [0.3, 0.4) is 0 Å². The minimum Gasteiger partial charge on any atom is -0.310 e. The van der Waals surface area contributed by atoms with Gasteiger partial charge in [0.1, 0.15) is 10.0 Å². The molecular weight excluding hydrogens is 296 g/mol. The average molecular weight is 316 g/mol. The molecule has 2 heterocycles. The molecule has 0 N–H and O–H groups in total. The van der Waals surface area contributed by atoms with E-state index in [1.165, 1.54) is 11.1 Å². The molecule has 1 fully saturated rings. The van der Waals surface area contributed by atoms with Crippen LogP contribution in [-0.4, -0.2) is 40.6 Å². The minimum absolute atomic E-state index is 0.150. The lowest BCUT2D eigenvalue weighted by Crippen LogP contribution is -2.50. The Morgan fingerprint density at radius 2 is 1.82 bits per heavy atom. The number of amides is 1. The zero-order valence-corrected chi connectivity index (χ0v) is 14.0. The van der Waals surface area contributed by atoms with Crippen LogP contribution in [0, 0.1) is 20.8 Å². The predicted octanol–water partition coefficient (Wildman–Crippen LogP) is 2.31. The maximum atomic E-state index is 12.5. The number of piperazine rings is 1. The third kappa shape index (κ3) is 3.34. The summed E-state index contributed by atoms with van der Waals surface area (Å²) in [6.07, 6.45) is 0. The van der Waals surface area contributed by atoms with Crippen LogP contribution in [0.4, 0.5) is 5.69 Å². The van der Waals surface area contributed by atoms with E-state index in [1.807, 2.05) is 11.8 Å². The molecule has 1 aliphatic heterocycles. The number of benzene rings is 1. The van der Waals surface area contributed by atoms with Gasteiger partial charge in [-0.05, 0) is 44.0 Å². The van der Waals surface area contributed by atoms with E-state index in [-0.39, 0.29) is 5.91 Å². The highest BCUT2D eigenvalue weighted by molar-refractivity contribution is 7.11. The molecule has 0 atom stereocenters. The van der Waals surface area contributed by atoms with E-state index in [4.69, 9.17) is 0 Å². The van der Waals surface area contributed by atoms with Crippen molar-refractivity contribution in [2.24, 2.45) is 0 Å². The van der Waals surface area contributed by atoms with Gasteiger partial charge in [-0.2, -0.15) is 0 Å². The molecule has 0 aliphatic carbocycles. The van der Waals surface area contributed by atoms with Gasteiger partial charge in [-0.25, -0.2) is 0 Å². The van der Waals surface area contributed by atoms with E-state index in [1.54, 1.807) is 11.3 Å². The van der Waals surface area contributed by atoms with Crippen molar-refractivity contribution >= 4 is 22.9 Å². The number of aromatic nitrogens is 2. The van der Waals surface area contributed by atoms with Crippen LogP contribution in [0.25, 0.3) is 0 Å². The van der Waals surface area contributed by atoms with Crippen molar-refractivity contribution in [3.63, 3.8) is 0 Å². The first-order valence-electron chi connectivity index (χ1n) is 7.41. The Hall–Kier alpha value is -1.79. The van der Waals surface area contributed by atoms with Crippen LogP contribution >= 0.6 is 11.3 Å². The Morgan fingerprint density at radius 1 is 1.09 bits per heavy atom. The molecule has 0 bridgehead atoms. The molecule has 1 amide bonds. The largest absolute Gasteiger partial charge is 0.310 e. The highest BCUT2D eigenvalue weighted by Gasteiger charge is 2.25. The fourth-order valence-electron chi connectivity index (χ4n) is 2.83. The smallest absolute Gasteiger partial charge is 0.241 e. The van der Waals surface area contributed by atoms with E-state index in [0.29, 0.717) is 13.1 Å². The number of aryl methyl sites for hydroxylation is 3. The summed E-state index contributed by atoms with van der Waals surface area (Å²) < 4.78 is 0. The van der Waals surface area contributed by atoms with Gasteiger partial charge in [0.25, 0.3) is 0 Å². The number of hydrogen-bond acceptors (Lipinski definition) is 5. The number of carbonyl (C=O) groups is 1. The maximum Gasteiger partial charge on any atom is 0.241 e. The third-order valence-electron chi connectivity index (χ3n) is 3.74. The van der Waals surface area contributed by atoms with Gasteiger partial charge in [0.15, 0.2) is 0 Å². The number of rotatable bonds is 3. The molecule has 22 heavy (non-hydrogen) atoms. The van der Waals surface area contributed by atoms with Crippen molar-refractivity contribution in [3.8, 4) is 0 Å². The fraction of sp³-hybridized carbons (Fsp3) is 0.438. The van der Waals surface area contributed by atoms with Crippen LogP contribution < -0.4 is 4.90 Å². The summed E-state index contributed by atoms with van der Waals surface area (Å²) in [6, 6.07) is 6.28. The molecule has 0 spiro atoms. The van der Waals surface area contributed by atoms with Crippen LogP contribution in [-0.2, 0) is 11.3 Å². The van der Waals surface area contributed by atoms with Gasteiger partial charge >= 0.3 is 0 Å². The van der Waals surface area contributed by atoms with Crippen LogP contribution in [0.5, 0.6) is 0 Å². The van der Waals surface area contributed by atoms with E-state index >= 15 is 0 Å². The van der Waals surface area contributed by atoms with Crippen molar-refractivity contribution in [2.45, 2.75) is 27.3 Å². The number of anilines is 1. The van der Waals surface area contributed by atoms with Crippen molar-refractivity contribution < 1.29 is 4.79 Å². The second kappa shape index (κ2) is 6.14. The number of carbonyl (C=O) groups excluding carboxylic acids is 1. The third-order valence-corrected chi connectivity index (χ3v) is 4.57. The van der Waals surface area contributed by atoms with Crippen LogP contribution in [0.15, 0.2) is 18.2 Å². The SMILES string of the molecule is Cc1cc(C)cc(N2CCN(Cc3nnc(C)s3)CC2=O)c1. The van der Waals surface area contributed by atoms with Gasteiger partial charge < -0.3 is 4.90 Å². The van der Waals surface area contributed by atoms with E-state index in [2.05, 4.69) is 47.1 Å². The van der Waals surface area contributed by atoms with Gasteiger partial charge in [-0.1, -0.05) is 6.07 Å². The van der Waals surface area contributed by atoms with Crippen molar-refractivity contribution in [1.29, 1.82) is 0 Å². The quantitative estimate of drug-likeness (QED) is 0.872. The normalized spacial score (nSPS) is 16.3. The van der Waals surface area contributed by atoms with Gasteiger partial charge in [0.05, 0.1) is 13.1 Å². The molecule has 2 aromatic rings. The molecule has 0 saturated carbocycles. The van der Waals surface area contributed by atoms with Gasteiger partial charge in [-0.3, -0.25) is 9.69 Å². The molecule has 6 heteroatoms. The van der Waals surface area contributed by atoms with Crippen LogP contribution in [0.2, 0.25) is 0 Å². The summed E-state index contributed by atoms with van der Waals surface area (Å²) in [6.45, 7) is 8.80. The Labute approximate surface area is 134 Å². The zero-order valence-electron chi connectivity index (χ0n) is 13.2. The lowest BCUT2D eigenvalue weighted by molar-refractivity contribution is -0.121. The van der Waals surface area contributed by atoms with Gasteiger partial charge in [0.2, 0.25) is 5.91 Å². The first kappa shape index (κ1) is 15.1. The predicted molar refractivity (Wildman–Crippen MR) is 88.2 cm³/mol. The summed E-state index contributed by atoms with van der Waals surface area (Å²) in [7, 11) is 0. The van der Waals surface area contributed by atoms with Gasteiger partial charge in [-0.15, -0.1) is 21.5 Å². The Bertz CT molecular complexity index is 677. The summed E-state index contributed by atoms with van der Waals surface area (Å²) >= 11 is 1.59. The Balaban J connectivity index is 1.68. The molecule has 1 aromatic carbocycles. The lowest BCUT2D eigenvalue weighted by Gasteiger charge is -2.34. The summed E-state index contributed by atoms with van der Waals surface area (Å²) in [4.78, 5) is 16.5. The minimum atomic E-state index is 0.150.